The lowest BCUT2D eigenvalue weighted by Gasteiger charge is -2.32. The Balaban J connectivity index is 2.01. The lowest BCUT2D eigenvalue weighted by molar-refractivity contribution is -0.141. The number of alkyl halides is 3. The minimum atomic E-state index is -4.33. The minimum Gasteiger partial charge on any atom is -0.375 e. The van der Waals surface area contributed by atoms with Gasteiger partial charge in [-0.15, -0.1) is 0 Å². The molecule has 0 saturated carbocycles. The first kappa shape index (κ1) is 16.8. The number of aromatic nitrogens is 2. The molecule has 2 atom stereocenters. The Morgan fingerprint density at radius 3 is 2.95 bits per heavy atom. The molecule has 0 bridgehead atoms. The van der Waals surface area contributed by atoms with Crippen molar-refractivity contribution in [3.8, 4) is 0 Å². The summed E-state index contributed by atoms with van der Waals surface area (Å²) in [6, 6.07) is -0.496. The van der Waals surface area contributed by atoms with Crippen LogP contribution in [0, 0.1) is 0 Å². The average molecular weight is 320 g/mol. The number of rotatable bonds is 4. The van der Waals surface area contributed by atoms with E-state index in [1.54, 1.807) is 6.92 Å². The van der Waals surface area contributed by atoms with Gasteiger partial charge in [-0.2, -0.15) is 13.2 Å². The minimum absolute atomic E-state index is 0.00676. The number of nitrogens with one attached hydrogen (secondary N) is 1. The maximum Gasteiger partial charge on any atom is 0.406 e. The van der Waals surface area contributed by atoms with E-state index in [-0.39, 0.29) is 24.4 Å². The molecule has 0 aromatic carbocycles. The van der Waals surface area contributed by atoms with Gasteiger partial charge < -0.3 is 19.5 Å². The molecule has 6 nitrogen and oxygen atoms in total. The van der Waals surface area contributed by atoms with Gasteiger partial charge in [0.25, 0.3) is 0 Å². The van der Waals surface area contributed by atoms with Crippen molar-refractivity contribution in [2.45, 2.75) is 38.3 Å². The van der Waals surface area contributed by atoms with Crippen molar-refractivity contribution in [1.29, 1.82) is 0 Å². The Morgan fingerprint density at radius 1 is 1.59 bits per heavy atom. The molecule has 1 fully saturated rings. The fourth-order valence-corrected chi connectivity index (χ4v) is 2.37. The van der Waals surface area contributed by atoms with Crippen LogP contribution in [-0.2, 0) is 22.6 Å². The molecule has 124 valence electrons. The monoisotopic (exact) mass is 320 g/mol. The van der Waals surface area contributed by atoms with Crippen LogP contribution in [0.25, 0.3) is 0 Å². The number of morpholine rings is 1. The maximum atomic E-state index is 12.5. The van der Waals surface area contributed by atoms with Crippen LogP contribution in [0.5, 0.6) is 0 Å². The first-order chi connectivity index (χ1) is 10.3. The first-order valence-corrected chi connectivity index (χ1v) is 6.94. The third kappa shape index (κ3) is 4.20. The van der Waals surface area contributed by atoms with Gasteiger partial charge in [0, 0.05) is 26.0 Å². The van der Waals surface area contributed by atoms with E-state index < -0.39 is 18.8 Å². The number of amides is 1. The molecule has 1 aromatic heterocycles. The number of ether oxygens (including phenoxy) is 1. The van der Waals surface area contributed by atoms with E-state index in [2.05, 4.69) is 10.3 Å². The van der Waals surface area contributed by atoms with Crippen molar-refractivity contribution in [2.24, 2.45) is 0 Å². The molecule has 1 aliphatic heterocycles. The van der Waals surface area contributed by atoms with Gasteiger partial charge in [0.15, 0.2) is 0 Å². The average Bonchev–Trinajstić information content (AvgIpc) is 2.83. The molecular weight excluding hydrogens is 301 g/mol. The lowest BCUT2D eigenvalue weighted by atomic mass is 10.1. The Labute approximate surface area is 126 Å². The van der Waals surface area contributed by atoms with Crippen LogP contribution in [0.2, 0.25) is 0 Å². The summed E-state index contributed by atoms with van der Waals surface area (Å²) in [5.74, 6) is -0.0358. The van der Waals surface area contributed by atoms with Gasteiger partial charge in [0.2, 0.25) is 5.91 Å². The molecule has 1 aromatic rings. The quantitative estimate of drug-likeness (QED) is 0.891. The Kier molecular flexibility index (Phi) is 5.07. The highest BCUT2D eigenvalue weighted by Gasteiger charge is 2.32. The molecule has 22 heavy (non-hydrogen) atoms. The standard InChI is InChI=1S/C13H19F3N4O2/c1-9-11(18-4-6-22-9)12(21)19(2)7-10-17-3-5-20(10)8-13(14,15)16/h3,5,9,11,18H,4,6-8H2,1-2H3/t9-,11+/m1/s1. The predicted octanol–water partition coefficient (Wildman–Crippen LogP) is 0.781. The third-order valence-electron chi connectivity index (χ3n) is 3.49. The molecule has 2 rings (SSSR count). The van der Waals surface area contributed by atoms with Gasteiger partial charge in [-0.05, 0) is 6.92 Å². The van der Waals surface area contributed by atoms with Gasteiger partial charge >= 0.3 is 6.18 Å². The van der Waals surface area contributed by atoms with E-state index in [9.17, 15) is 18.0 Å². The van der Waals surface area contributed by atoms with Crippen molar-refractivity contribution in [3.05, 3.63) is 18.2 Å². The normalized spacial score (nSPS) is 22.6. The summed E-state index contributed by atoms with van der Waals surface area (Å²) in [7, 11) is 1.54. The van der Waals surface area contributed by atoms with Crippen LogP contribution < -0.4 is 5.32 Å². The molecule has 0 radical (unpaired) electrons. The zero-order valence-corrected chi connectivity index (χ0v) is 12.4. The lowest BCUT2D eigenvalue weighted by Crippen LogP contribution is -2.55. The summed E-state index contributed by atoms with van der Waals surface area (Å²) in [6.45, 7) is 1.77. The number of imidazole rings is 1. The zero-order valence-electron chi connectivity index (χ0n) is 12.4. The van der Waals surface area contributed by atoms with E-state index >= 15 is 0 Å². The summed E-state index contributed by atoms with van der Waals surface area (Å²) in [5, 5.41) is 3.06. The van der Waals surface area contributed by atoms with Gasteiger partial charge in [-0.1, -0.05) is 0 Å². The van der Waals surface area contributed by atoms with Crippen molar-refractivity contribution in [3.63, 3.8) is 0 Å². The second-order valence-corrected chi connectivity index (χ2v) is 5.29. The van der Waals surface area contributed by atoms with E-state index in [1.807, 2.05) is 0 Å². The summed E-state index contributed by atoms with van der Waals surface area (Å²) in [5.41, 5.74) is 0. The SMILES string of the molecule is C[C@H]1OCCN[C@@H]1C(=O)N(C)Cc1nccn1CC(F)(F)F. The maximum absolute atomic E-state index is 12.5. The molecule has 1 aliphatic rings. The number of carbonyl (C=O) groups is 1. The Bertz CT molecular complexity index is 518. The van der Waals surface area contributed by atoms with Crippen LogP contribution in [0.4, 0.5) is 13.2 Å². The molecule has 0 unspecified atom stereocenters. The second kappa shape index (κ2) is 6.66. The van der Waals surface area contributed by atoms with E-state index in [1.165, 1.54) is 24.3 Å². The van der Waals surface area contributed by atoms with Gasteiger partial charge in [0.1, 0.15) is 18.4 Å². The highest BCUT2D eigenvalue weighted by molar-refractivity contribution is 5.82. The molecule has 0 aliphatic carbocycles. The van der Waals surface area contributed by atoms with Gasteiger partial charge in [-0.25, -0.2) is 4.98 Å². The zero-order chi connectivity index (χ0) is 16.3. The number of nitrogens with zero attached hydrogens (tertiary/aromatic N) is 3. The summed E-state index contributed by atoms with van der Waals surface area (Å²) in [6.07, 6.45) is -2.06. The van der Waals surface area contributed by atoms with Crippen LogP contribution in [0.1, 0.15) is 12.7 Å². The van der Waals surface area contributed by atoms with Crippen molar-refractivity contribution >= 4 is 5.91 Å². The third-order valence-corrected chi connectivity index (χ3v) is 3.49. The Hall–Kier alpha value is -1.61. The smallest absolute Gasteiger partial charge is 0.375 e. The molecule has 1 saturated heterocycles. The van der Waals surface area contributed by atoms with Crippen LogP contribution >= 0.6 is 0 Å². The fourth-order valence-electron chi connectivity index (χ4n) is 2.37. The fraction of sp³-hybridized carbons (Fsp3) is 0.692. The first-order valence-electron chi connectivity index (χ1n) is 6.94. The molecule has 0 spiro atoms. The molecule has 2 heterocycles. The number of carbonyl (C=O) groups excluding carboxylic acids is 1. The number of hydrogen-bond acceptors (Lipinski definition) is 4. The largest absolute Gasteiger partial charge is 0.406 e. The molecule has 1 amide bonds. The van der Waals surface area contributed by atoms with E-state index in [0.717, 1.165) is 4.57 Å². The van der Waals surface area contributed by atoms with Crippen LogP contribution in [0.3, 0.4) is 0 Å². The summed E-state index contributed by atoms with van der Waals surface area (Å²) in [4.78, 5) is 17.6. The highest BCUT2D eigenvalue weighted by atomic mass is 19.4. The van der Waals surface area contributed by atoms with Crippen LogP contribution in [-0.4, -0.2) is 58.9 Å². The Morgan fingerprint density at radius 2 is 2.32 bits per heavy atom. The van der Waals surface area contributed by atoms with Crippen molar-refractivity contribution < 1.29 is 22.7 Å². The van der Waals surface area contributed by atoms with E-state index in [4.69, 9.17) is 4.74 Å². The predicted molar refractivity (Wildman–Crippen MR) is 72.0 cm³/mol. The van der Waals surface area contributed by atoms with Gasteiger partial charge in [0.05, 0.1) is 19.3 Å². The topological polar surface area (TPSA) is 59.4 Å². The molecule has 9 heteroatoms. The van der Waals surface area contributed by atoms with Gasteiger partial charge in [-0.3, -0.25) is 4.79 Å². The van der Waals surface area contributed by atoms with Crippen molar-refractivity contribution in [1.82, 2.24) is 19.8 Å². The summed E-state index contributed by atoms with van der Waals surface area (Å²) >= 11 is 0. The molecule has 1 N–H and O–H groups in total. The molecular formula is C13H19F3N4O2. The van der Waals surface area contributed by atoms with Crippen molar-refractivity contribution in [2.75, 3.05) is 20.2 Å². The number of likely N-dealkylation sites (N-methyl/N-ethyl adjacent to an activating group) is 1. The number of halogens is 3. The summed E-state index contributed by atoms with van der Waals surface area (Å²) < 4.78 is 43.8. The second-order valence-electron chi connectivity index (χ2n) is 5.29. The van der Waals surface area contributed by atoms with Crippen LogP contribution in [0.15, 0.2) is 12.4 Å². The number of hydrogen-bond donors (Lipinski definition) is 1. The van der Waals surface area contributed by atoms with E-state index in [0.29, 0.717) is 13.2 Å². The highest BCUT2D eigenvalue weighted by Crippen LogP contribution is 2.19.